The van der Waals surface area contributed by atoms with Gasteiger partial charge in [-0.1, -0.05) is 6.07 Å². The fourth-order valence-electron chi connectivity index (χ4n) is 1.99. The number of nitrogens with zero attached hydrogens (tertiary/aromatic N) is 2. The van der Waals surface area contributed by atoms with Crippen molar-refractivity contribution in [1.29, 1.82) is 0 Å². The van der Waals surface area contributed by atoms with Crippen LogP contribution in [0.1, 0.15) is 5.56 Å². The van der Waals surface area contributed by atoms with Gasteiger partial charge in [-0.05, 0) is 58.8 Å². The Balaban J connectivity index is 2.36. The number of halogens is 2. The molecule has 0 unspecified atom stereocenters. The van der Waals surface area contributed by atoms with Crippen molar-refractivity contribution in [3.63, 3.8) is 0 Å². The molecule has 0 radical (unpaired) electrons. The fourth-order valence-corrected chi connectivity index (χ4v) is 2.61. The molecule has 0 saturated carbocycles. The Bertz CT molecular complexity index is 838. The van der Waals surface area contributed by atoms with Gasteiger partial charge >= 0.3 is 0 Å². The Hall–Kier alpha value is -1.53. The lowest BCUT2D eigenvalue weighted by atomic mass is 10.2. The summed E-state index contributed by atoms with van der Waals surface area (Å²) in [6.45, 7) is 1.84. The van der Waals surface area contributed by atoms with Gasteiger partial charge in [0, 0.05) is 10.7 Å². The van der Waals surface area contributed by atoms with Crippen molar-refractivity contribution in [2.75, 3.05) is 0 Å². The van der Waals surface area contributed by atoms with Crippen LogP contribution in [0.5, 0.6) is 0 Å². The highest BCUT2D eigenvalue weighted by molar-refractivity contribution is 9.10. The number of aromatic amines is 1. The van der Waals surface area contributed by atoms with E-state index in [9.17, 15) is 4.39 Å². The van der Waals surface area contributed by atoms with Gasteiger partial charge in [0.05, 0.1) is 11.2 Å². The lowest BCUT2D eigenvalue weighted by Gasteiger charge is -2.06. The normalized spacial score (nSPS) is 11.1. The zero-order valence-electron chi connectivity index (χ0n) is 9.95. The first-order chi connectivity index (χ1) is 9.06. The molecule has 0 aliphatic rings. The third kappa shape index (κ3) is 2.11. The van der Waals surface area contributed by atoms with Crippen LogP contribution in [0.3, 0.4) is 0 Å². The first kappa shape index (κ1) is 12.5. The minimum absolute atomic E-state index is 0.318. The highest BCUT2D eigenvalue weighted by Gasteiger charge is 2.12. The van der Waals surface area contributed by atoms with E-state index in [-0.39, 0.29) is 5.82 Å². The summed E-state index contributed by atoms with van der Waals surface area (Å²) < 4.78 is 16.9. The van der Waals surface area contributed by atoms with E-state index in [0.29, 0.717) is 16.1 Å². The first-order valence-electron chi connectivity index (χ1n) is 5.59. The zero-order valence-corrected chi connectivity index (χ0v) is 12.3. The number of hydrogen-bond acceptors (Lipinski definition) is 2. The standard InChI is InChI=1S/C13H9BrFN3S/c1-7-2-3-11(9(15)4-7)18-12-10(17-13(18)19)5-8(14)6-16-12/h2-6H,1H3,(H,17,19). The van der Waals surface area contributed by atoms with E-state index in [1.54, 1.807) is 16.8 Å². The van der Waals surface area contributed by atoms with Gasteiger partial charge in [0.15, 0.2) is 10.4 Å². The largest absolute Gasteiger partial charge is 0.329 e. The third-order valence-corrected chi connectivity index (χ3v) is 3.55. The van der Waals surface area contributed by atoms with E-state index >= 15 is 0 Å². The second-order valence-electron chi connectivity index (χ2n) is 4.25. The molecule has 96 valence electrons. The predicted molar refractivity (Wildman–Crippen MR) is 78.6 cm³/mol. The molecule has 0 bridgehead atoms. The van der Waals surface area contributed by atoms with E-state index in [1.165, 1.54) is 6.07 Å². The predicted octanol–water partition coefficient (Wildman–Crippen LogP) is 4.29. The number of H-pyrrole nitrogens is 1. The van der Waals surface area contributed by atoms with Crippen molar-refractivity contribution in [1.82, 2.24) is 14.5 Å². The Kier molecular flexibility index (Phi) is 2.99. The number of fused-ring (bicyclic) bond motifs is 1. The summed E-state index contributed by atoms with van der Waals surface area (Å²) in [5, 5.41) is 0. The maximum atomic E-state index is 14.1. The maximum Gasteiger partial charge on any atom is 0.184 e. The molecule has 3 nitrogen and oxygen atoms in total. The number of aryl methyl sites for hydroxylation is 1. The number of imidazole rings is 1. The number of aromatic nitrogens is 3. The number of pyridine rings is 1. The Morgan fingerprint density at radius 1 is 1.37 bits per heavy atom. The number of benzene rings is 1. The zero-order chi connectivity index (χ0) is 13.6. The van der Waals surface area contributed by atoms with Crippen molar-refractivity contribution >= 4 is 39.3 Å². The minimum Gasteiger partial charge on any atom is -0.329 e. The molecule has 1 aromatic carbocycles. The monoisotopic (exact) mass is 337 g/mol. The molecule has 0 saturated heterocycles. The molecule has 0 aliphatic heterocycles. The quantitative estimate of drug-likeness (QED) is 0.672. The highest BCUT2D eigenvalue weighted by Crippen LogP contribution is 2.22. The Morgan fingerprint density at radius 3 is 2.89 bits per heavy atom. The van der Waals surface area contributed by atoms with E-state index < -0.39 is 0 Å². The summed E-state index contributed by atoms with van der Waals surface area (Å²) in [6, 6.07) is 6.89. The van der Waals surface area contributed by atoms with Gasteiger partial charge in [-0.2, -0.15) is 0 Å². The fraction of sp³-hybridized carbons (Fsp3) is 0.0769. The third-order valence-electron chi connectivity index (χ3n) is 2.83. The molecule has 3 rings (SSSR count). The van der Waals surface area contributed by atoms with Gasteiger partial charge in [0.2, 0.25) is 0 Å². The molecule has 0 amide bonds. The van der Waals surface area contributed by atoms with Crippen molar-refractivity contribution in [3.05, 3.63) is 51.1 Å². The minimum atomic E-state index is -0.318. The highest BCUT2D eigenvalue weighted by atomic mass is 79.9. The average Bonchev–Trinajstić information content (AvgIpc) is 2.65. The van der Waals surface area contributed by atoms with Crippen LogP contribution < -0.4 is 0 Å². The summed E-state index contributed by atoms with van der Waals surface area (Å²) >= 11 is 8.60. The van der Waals surface area contributed by atoms with Gasteiger partial charge in [-0.3, -0.25) is 4.57 Å². The van der Waals surface area contributed by atoms with E-state index in [2.05, 4.69) is 25.9 Å². The smallest absolute Gasteiger partial charge is 0.184 e. The van der Waals surface area contributed by atoms with Crippen LogP contribution in [-0.4, -0.2) is 14.5 Å². The average molecular weight is 338 g/mol. The van der Waals surface area contributed by atoms with Crippen LogP contribution in [0, 0.1) is 17.5 Å². The van der Waals surface area contributed by atoms with Gasteiger partial charge in [-0.25, -0.2) is 9.37 Å². The van der Waals surface area contributed by atoms with E-state index in [1.807, 2.05) is 19.1 Å². The molecule has 1 N–H and O–H groups in total. The van der Waals surface area contributed by atoms with Gasteiger partial charge in [-0.15, -0.1) is 0 Å². The molecular weight excluding hydrogens is 329 g/mol. The molecule has 0 spiro atoms. The van der Waals surface area contributed by atoms with Crippen molar-refractivity contribution in [3.8, 4) is 5.69 Å². The molecule has 6 heteroatoms. The summed E-state index contributed by atoms with van der Waals surface area (Å²) in [5.41, 5.74) is 2.63. The van der Waals surface area contributed by atoms with Crippen LogP contribution in [-0.2, 0) is 0 Å². The molecule has 0 fully saturated rings. The van der Waals surface area contributed by atoms with Crippen molar-refractivity contribution < 1.29 is 4.39 Å². The molecule has 2 heterocycles. The SMILES string of the molecule is Cc1ccc(-n2c(=S)[nH]c3cc(Br)cnc32)c(F)c1. The van der Waals surface area contributed by atoms with Crippen molar-refractivity contribution in [2.24, 2.45) is 0 Å². The lowest BCUT2D eigenvalue weighted by molar-refractivity contribution is 0.617. The van der Waals surface area contributed by atoms with Crippen LogP contribution in [0.2, 0.25) is 0 Å². The molecule has 0 aliphatic carbocycles. The first-order valence-corrected chi connectivity index (χ1v) is 6.79. The van der Waals surface area contributed by atoms with Crippen LogP contribution >= 0.6 is 28.1 Å². The molecular formula is C13H9BrFN3S. The molecule has 3 aromatic rings. The van der Waals surface area contributed by atoms with Crippen LogP contribution in [0.25, 0.3) is 16.9 Å². The van der Waals surface area contributed by atoms with E-state index in [4.69, 9.17) is 12.2 Å². The van der Waals surface area contributed by atoms with Crippen molar-refractivity contribution in [2.45, 2.75) is 6.92 Å². The number of hydrogen-bond donors (Lipinski definition) is 1. The summed E-state index contributed by atoms with van der Waals surface area (Å²) in [6.07, 6.45) is 1.66. The topological polar surface area (TPSA) is 33.6 Å². The summed E-state index contributed by atoms with van der Waals surface area (Å²) in [4.78, 5) is 7.32. The van der Waals surface area contributed by atoms with Crippen LogP contribution in [0.4, 0.5) is 4.39 Å². The summed E-state index contributed by atoms with van der Waals surface area (Å²) in [5.74, 6) is -0.318. The van der Waals surface area contributed by atoms with Gasteiger partial charge in [0.25, 0.3) is 0 Å². The number of nitrogens with one attached hydrogen (secondary N) is 1. The molecule has 19 heavy (non-hydrogen) atoms. The maximum absolute atomic E-state index is 14.1. The molecule has 2 aromatic heterocycles. The Morgan fingerprint density at radius 2 is 2.16 bits per heavy atom. The van der Waals surface area contributed by atoms with Gasteiger partial charge in [0.1, 0.15) is 5.82 Å². The lowest BCUT2D eigenvalue weighted by Crippen LogP contribution is -1.99. The molecule has 0 atom stereocenters. The van der Waals surface area contributed by atoms with E-state index in [0.717, 1.165) is 15.6 Å². The summed E-state index contributed by atoms with van der Waals surface area (Å²) in [7, 11) is 0. The second kappa shape index (κ2) is 4.54. The van der Waals surface area contributed by atoms with Crippen LogP contribution in [0.15, 0.2) is 34.9 Å². The van der Waals surface area contributed by atoms with Gasteiger partial charge < -0.3 is 4.98 Å². The Labute approximate surface area is 122 Å². The number of rotatable bonds is 1. The second-order valence-corrected chi connectivity index (χ2v) is 5.55.